The van der Waals surface area contributed by atoms with Crippen LogP contribution in [-0.2, 0) is 0 Å². The third-order valence-corrected chi connectivity index (χ3v) is 2.44. The van der Waals surface area contributed by atoms with Gasteiger partial charge in [-0.3, -0.25) is 0 Å². The molecule has 0 N–H and O–H groups in total. The van der Waals surface area contributed by atoms with Crippen molar-refractivity contribution in [2.24, 2.45) is 0 Å². The molecule has 0 aliphatic rings. The summed E-state index contributed by atoms with van der Waals surface area (Å²) in [5.41, 5.74) is 0. The smallest absolute Gasteiger partial charge is 0.170 e. The first-order chi connectivity index (χ1) is 5.86. The third kappa shape index (κ3) is 1.47. The average Bonchev–Trinajstić information content (AvgIpc) is 2.56. The van der Waals surface area contributed by atoms with E-state index in [1.54, 1.807) is 23.6 Å². The van der Waals surface area contributed by atoms with Crippen LogP contribution in [0.1, 0.15) is 0 Å². The van der Waals surface area contributed by atoms with Crippen LogP contribution in [0.4, 0.5) is 0 Å². The lowest BCUT2D eigenvalue weighted by Crippen LogP contribution is -1.84. The second-order valence-electron chi connectivity index (χ2n) is 2.18. The molecule has 2 heterocycles. The van der Waals surface area contributed by atoms with Gasteiger partial charge in [-0.25, -0.2) is 9.97 Å². The van der Waals surface area contributed by atoms with Crippen molar-refractivity contribution in [3.8, 4) is 10.7 Å². The lowest BCUT2D eigenvalue weighted by molar-refractivity contribution is 1.19. The van der Waals surface area contributed by atoms with Crippen molar-refractivity contribution >= 4 is 22.9 Å². The van der Waals surface area contributed by atoms with Gasteiger partial charge in [-0.1, -0.05) is 17.7 Å². The Balaban J connectivity index is 2.48. The molecule has 2 nitrogen and oxygen atoms in total. The number of hydrogen-bond acceptors (Lipinski definition) is 3. The SMILES string of the molecule is Clc1ccnc(-c2cccs2)n1. The van der Waals surface area contributed by atoms with Gasteiger partial charge in [0.25, 0.3) is 0 Å². The summed E-state index contributed by atoms with van der Waals surface area (Å²) in [4.78, 5) is 9.22. The van der Waals surface area contributed by atoms with Gasteiger partial charge in [-0.2, -0.15) is 0 Å². The highest BCUT2D eigenvalue weighted by Gasteiger charge is 2.00. The van der Waals surface area contributed by atoms with E-state index in [9.17, 15) is 0 Å². The van der Waals surface area contributed by atoms with E-state index in [0.717, 1.165) is 4.88 Å². The minimum Gasteiger partial charge on any atom is -0.236 e. The Labute approximate surface area is 78.9 Å². The second kappa shape index (κ2) is 3.21. The maximum absolute atomic E-state index is 5.72. The van der Waals surface area contributed by atoms with E-state index in [0.29, 0.717) is 11.0 Å². The quantitative estimate of drug-likeness (QED) is 0.656. The summed E-state index contributed by atoms with van der Waals surface area (Å²) in [5.74, 6) is 0.692. The fraction of sp³-hybridized carbons (Fsp3) is 0. The number of hydrogen-bond donors (Lipinski definition) is 0. The summed E-state index contributed by atoms with van der Waals surface area (Å²) in [6, 6.07) is 5.60. The number of rotatable bonds is 1. The fourth-order valence-electron chi connectivity index (χ4n) is 0.861. The molecule has 0 spiro atoms. The molecule has 0 aliphatic carbocycles. The van der Waals surface area contributed by atoms with Crippen LogP contribution >= 0.6 is 22.9 Å². The van der Waals surface area contributed by atoms with Crippen LogP contribution in [0.2, 0.25) is 5.15 Å². The molecule has 0 atom stereocenters. The summed E-state index contributed by atoms with van der Waals surface area (Å²) >= 11 is 7.32. The van der Waals surface area contributed by atoms with Gasteiger partial charge in [0.05, 0.1) is 4.88 Å². The Kier molecular flexibility index (Phi) is 2.06. The summed E-state index contributed by atoms with van der Waals surface area (Å²) in [6.45, 7) is 0. The Bertz CT molecular complexity index is 372. The van der Waals surface area contributed by atoms with Crippen molar-refractivity contribution in [3.05, 3.63) is 34.9 Å². The summed E-state index contributed by atoms with van der Waals surface area (Å²) in [7, 11) is 0. The molecular weight excluding hydrogens is 192 g/mol. The summed E-state index contributed by atoms with van der Waals surface area (Å²) < 4.78 is 0. The first-order valence-electron chi connectivity index (χ1n) is 3.39. The molecule has 2 aromatic rings. The highest BCUT2D eigenvalue weighted by atomic mass is 35.5. The minimum absolute atomic E-state index is 0.480. The Hall–Kier alpha value is -0.930. The van der Waals surface area contributed by atoms with E-state index in [2.05, 4.69) is 9.97 Å². The Morgan fingerprint density at radius 2 is 2.25 bits per heavy atom. The molecule has 60 valence electrons. The van der Waals surface area contributed by atoms with Crippen molar-refractivity contribution in [3.63, 3.8) is 0 Å². The molecule has 0 unspecified atom stereocenters. The van der Waals surface area contributed by atoms with Crippen molar-refractivity contribution in [2.75, 3.05) is 0 Å². The van der Waals surface area contributed by atoms with E-state index >= 15 is 0 Å². The zero-order valence-electron chi connectivity index (χ0n) is 6.07. The molecule has 0 aromatic carbocycles. The van der Waals surface area contributed by atoms with E-state index in [1.165, 1.54) is 0 Å². The molecule has 0 radical (unpaired) electrons. The molecule has 0 bridgehead atoms. The topological polar surface area (TPSA) is 25.8 Å². The van der Waals surface area contributed by atoms with Gasteiger partial charge in [0, 0.05) is 6.20 Å². The van der Waals surface area contributed by atoms with Crippen molar-refractivity contribution in [1.29, 1.82) is 0 Å². The van der Waals surface area contributed by atoms with Gasteiger partial charge in [0.2, 0.25) is 0 Å². The maximum atomic E-state index is 5.72. The molecule has 2 rings (SSSR count). The highest BCUT2D eigenvalue weighted by molar-refractivity contribution is 7.13. The highest BCUT2D eigenvalue weighted by Crippen LogP contribution is 2.21. The van der Waals surface area contributed by atoms with Gasteiger partial charge < -0.3 is 0 Å². The van der Waals surface area contributed by atoms with Gasteiger partial charge >= 0.3 is 0 Å². The Morgan fingerprint density at radius 3 is 2.92 bits per heavy atom. The zero-order chi connectivity index (χ0) is 8.39. The van der Waals surface area contributed by atoms with E-state index in [4.69, 9.17) is 11.6 Å². The number of aromatic nitrogens is 2. The van der Waals surface area contributed by atoms with Crippen molar-refractivity contribution < 1.29 is 0 Å². The van der Waals surface area contributed by atoms with Crippen LogP contribution in [0.3, 0.4) is 0 Å². The number of thiophene rings is 1. The molecule has 0 saturated carbocycles. The second-order valence-corrected chi connectivity index (χ2v) is 3.52. The molecular formula is C8H5ClN2S. The van der Waals surface area contributed by atoms with E-state index in [1.807, 2.05) is 17.5 Å². The van der Waals surface area contributed by atoms with Crippen LogP contribution < -0.4 is 0 Å². The van der Waals surface area contributed by atoms with Crippen LogP contribution in [0.5, 0.6) is 0 Å². The molecule has 0 fully saturated rings. The van der Waals surface area contributed by atoms with Crippen molar-refractivity contribution in [2.45, 2.75) is 0 Å². The summed E-state index contributed by atoms with van der Waals surface area (Å²) in [6.07, 6.45) is 1.66. The van der Waals surface area contributed by atoms with E-state index < -0.39 is 0 Å². The average molecular weight is 197 g/mol. The van der Waals surface area contributed by atoms with Gasteiger partial charge in [0.1, 0.15) is 5.15 Å². The lowest BCUT2D eigenvalue weighted by Gasteiger charge is -1.93. The van der Waals surface area contributed by atoms with Crippen LogP contribution in [0.25, 0.3) is 10.7 Å². The van der Waals surface area contributed by atoms with Crippen LogP contribution in [0.15, 0.2) is 29.8 Å². The Morgan fingerprint density at radius 1 is 1.33 bits per heavy atom. The standard InChI is InChI=1S/C8H5ClN2S/c9-7-3-4-10-8(11-7)6-2-1-5-12-6/h1-5H. The molecule has 4 heteroatoms. The molecule has 12 heavy (non-hydrogen) atoms. The molecule has 0 amide bonds. The van der Waals surface area contributed by atoms with Crippen LogP contribution in [0, 0.1) is 0 Å². The van der Waals surface area contributed by atoms with Crippen molar-refractivity contribution in [1.82, 2.24) is 9.97 Å². The molecule has 0 saturated heterocycles. The third-order valence-electron chi connectivity index (χ3n) is 1.36. The number of nitrogens with zero attached hydrogens (tertiary/aromatic N) is 2. The first kappa shape index (κ1) is 7.71. The lowest BCUT2D eigenvalue weighted by atomic mass is 10.4. The largest absolute Gasteiger partial charge is 0.236 e. The minimum atomic E-state index is 0.480. The normalized spacial score (nSPS) is 10.1. The first-order valence-corrected chi connectivity index (χ1v) is 4.64. The maximum Gasteiger partial charge on any atom is 0.170 e. The van der Waals surface area contributed by atoms with Gasteiger partial charge in [-0.05, 0) is 17.5 Å². The fourth-order valence-corrected chi connectivity index (χ4v) is 1.66. The number of halogens is 1. The molecule has 0 aliphatic heterocycles. The summed E-state index contributed by atoms with van der Waals surface area (Å²) in [5, 5.41) is 2.47. The molecule has 2 aromatic heterocycles. The van der Waals surface area contributed by atoms with E-state index in [-0.39, 0.29) is 0 Å². The monoisotopic (exact) mass is 196 g/mol. The van der Waals surface area contributed by atoms with Gasteiger partial charge in [0.15, 0.2) is 5.82 Å². The zero-order valence-corrected chi connectivity index (χ0v) is 7.64. The van der Waals surface area contributed by atoms with Crippen LogP contribution in [-0.4, -0.2) is 9.97 Å². The predicted octanol–water partition coefficient (Wildman–Crippen LogP) is 2.86. The predicted molar refractivity (Wildman–Crippen MR) is 50.4 cm³/mol. The van der Waals surface area contributed by atoms with Gasteiger partial charge in [-0.15, -0.1) is 11.3 Å².